The summed E-state index contributed by atoms with van der Waals surface area (Å²) in [5, 5.41) is 0. The maximum Gasteiger partial charge on any atom is 0.114 e. The van der Waals surface area contributed by atoms with Gasteiger partial charge in [0.25, 0.3) is 0 Å². The Morgan fingerprint density at radius 1 is 1.33 bits per heavy atom. The standard InChI is InChI=1S/C11H14N4/c1-8-3-4-13-9(11(8)12)7-10-14-5-6-15(10)2/h3-6H,7,12H2,1-2H3. The van der Waals surface area contributed by atoms with Gasteiger partial charge in [-0.3, -0.25) is 4.98 Å². The second-order valence-corrected chi connectivity index (χ2v) is 3.62. The molecule has 2 N–H and O–H groups in total. The molecule has 0 fully saturated rings. The van der Waals surface area contributed by atoms with Crippen molar-refractivity contribution in [2.24, 2.45) is 7.05 Å². The summed E-state index contributed by atoms with van der Waals surface area (Å²) >= 11 is 0. The van der Waals surface area contributed by atoms with Gasteiger partial charge >= 0.3 is 0 Å². The first-order chi connectivity index (χ1) is 7.18. The van der Waals surface area contributed by atoms with Gasteiger partial charge in [0.1, 0.15) is 5.82 Å². The average Bonchev–Trinajstić information content (AvgIpc) is 2.60. The number of nitrogen functional groups attached to an aromatic ring is 1. The van der Waals surface area contributed by atoms with Gasteiger partial charge in [0, 0.05) is 25.6 Å². The first-order valence-corrected chi connectivity index (χ1v) is 4.84. The zero-order valence-corrected chi connectivity index (χ0v) is 8.94. The summed E-state index contributed by atoms with van der Waals surface area (Å²) in [6.45, 7) is 1.99. The molecule has 0 saturated heterocycles. The molecule has 0 bridgehead atoms. The van der Waals surface area contributed by atoms with Crippen LogP contribution >= 0.6 is 0 Å². The highest BCUT2D eigenvalue weighted by Crippen LogP contribution is 2.16. The largest absolute Gasteiger partial charge is 0.397 e. The molecule has 2 aromatic rings. The average molecular weight is 202 g/mol. The number of hydrogen-bond acceptors (Lipinski definition) is 3. The van der Waals surface area contributed by atoms with Gasteiger partial charge in [0.2, 0.25) is 0 Å². The Bertz CT molecular complexity index is 473. The predicted molar refractivity (Wildman–Crippen MR) is 59.4 cm³/mol. The maximum atomic E-state index is 5.95. The molecule has 2 aromatic heterocycles. The monoisotopic (exact) mass is 202 g/mol. The fraction of sp³-hybridized carbons (Fsp3) is 0.273. The lowest BCUT2D eigenvalue weighted by Gasteiger charge is -2.06. The summed E-state index contributed by atoms with van der Waals surface area (Å²) < 4.78 is 1.98. The van der Waals surface area contributed by atoms with Crippen molar-refractivity contribution in [1.82, 2.24) is 14.5 Å². The third-order valence-electron chi connectivity index (χ3n) is 2.54. The fourth-order valence-electron chi connectivity index (χ4n) is 1.48. The highest BCUT2D eigenvalue weighted by molar-refractivity contribution is 5.50. The highest BCUT2D eigenvalue weighted by Gasteiger charge is 2.07. The van der Waals surface area contributed by atoms with E-state index in [0.717, 1.165) is 22.8 Å². The molecular formula is C11H14N4. The number of aromatic nitrogens is 3. The van der Waals surface area contributed by atoms with Crippen LogP contribution in [0.1, 0.15) is 17.1 Å². The summed E-state index contributed by atoms with van der Waals surface area (Å²) in [4.78, 5) is 8.53. The van der Waals surface area contributed by atoms with Crippen molar-refractivity contribution in [2.75, 3.05) is 5.73 Å². The zero-order valence-electron chi connectivity index (χ0n) is 8.94. The molecule has 15 heavy (non-hydrogen) atoms. The maximum absolute atomic E-state index is 5.95. The third kappa shape index (κ3) is 1.83. The summed E-state index contributed by atoms with van der Waals surface area (Å²) in [6, 6.07) is 1.91. The lowest BCUT2D eigenvalue weighted by atomic mass is 10.1. The molecule has 0 radical (unpaired) electrons. The molecule has 0 aliphatic heterocycles. The van der Waals surface area contributed by atoms with E-state index in [1.54, 1.807) is 12.4 Å². The number of pyridine rings is 1. The van der Waals surface area contributed by atoms with Gasteiger partial charge in [-0.25, -0.2) is 4.98 Å². The summed E-state index contributed by atoms with van der Waals surface area (Å²) in [6.07, 6.45) is 6.16. The summed E-state index contributed by atoms with van der Waals surface area (Å²) in [7, 11) is 1.97. The van der Waals surface area contributed by atoms with Crippen LogP contribution in [0.5, 0.6) is 0 Å². The molecule has 0 aromatic carbocycles. The first-order valence-electron chi connectivity index (χ1n) is 4.84. The Hall–Kier alpha value is -1.84. The van der Waals surface area contributed by atoms with E-state index < -0.39 is 0 Å². The third-order valence-corrected chi connectivity index (χ3v) is 2.54. The van der Waals surface area contributed by atoms with E-state index in [1.807, 2.05) is 30.8 Å². The van der Waals surface area contributed by atoms with Gasteiger partial charge < -0.3 is 10.3 Å². The second-order valence-electron chi connectivity index (χ2n) is 3.62. The van der Waals surface area contributed by atoms with Crippen molar-refractivity contribution in [2.45, 2.75) is 13.3 Å². The van der Waals surface area contributed by atoms with E-state index in [-0.39, 0.29) is 0 Å². The lowest BCUT2D eigenvalue weighted by molar-refractivity contribution is 0.812. The van der Waals surface area contributed by atoms with Crippen LogP contribution in [0.4, 0.5) is 5.69 Å². The fourth-order valence-corrected chi connectivity index (χ4v) is 1.48. The number of imidazole rings is 1. The molecule has 0 aliphatic carbocycles. The van der Waals surface area contributed by atoms with E-state index in [9.17, 15) is 0 Å². The number of hydrogen-bond donors (Lipinski definition) is 1. The first kappa shape index (κ1) is 9.71. The quantitative estimate of drug-likeness (QED) is 0.798. The van der Waals surface area contributed by atoms with Crippen LogP contribution in [0.15, 0.2) is 24.7 Å². The summed E-state index contributed by atoms with van der Waals surface area (Å²) in [5.41, 5.74) is 8.67. The number of nitrogens with two attached hydrogens (primary N) is 1. The van der Waals surface area contributed by atoms with Crippen molar-refractivity contribution in [3.05, 3.63) is 41.7 Å². The van der Waals surface area contributed by atoms with Crippen molar-refractivity contribution >= 4 is 5.69 Å². The van der Waals surface area contributed by atoms with Crippen LogP contribution in [0.3, 0.4) is 0 Å². The van der Waals surface area contributed by atoms with Crippen molar-refractivity contribution in [3.8, 4) is 0 Å². The highest BCUT2D eigenvalue weighted by atomic mass is 15.0. The Kier molecular flexibility index (Phi) is 2.41. The van der Waals surface area contributed by atoms with E-state index in [1.165, 1.54) is 0 Å². The molecule has 0 saturated carbocycles. The number of rotatable bonds is 2. The van der Waals surface area contributed by atoms with Gasteiger partial charge in [-0.2, -0.15) is 0 Å². The smallest absolute Gasteiger partial charge is 0.114 e. The molecule has 4 nitrogen and oxygen atoms in total. The minimum atomic E-state index is 0.678. The molecule has 4 heteroatoms. The van der Waals surface area contributed by atoms with Crippen LogP contribution in [-0.4, -0.2) is 14.5 Å². The minimum absolute atomic E-state index is 0.678. The molecule has 0 atom stereocenters. The van der Waals surface area contributed by atoms with Gasteiger partial charge in [-0.1, -0.05) is 0 Å². The van der Waals surface area contributed by atoms with Gasteiger partial charge in [0.15, 0.2) is 0 Å². The molecule has 0 spiro atoms. The number of anilines is 1. The Balaban J connectivity index is 2.33. The molecule has 78 valence electrons. The van der Waals surface area contributed by atoms with Gasteiger partial charge in [0.05, 0.1) is 17.8 Å². The van der Waals surface area contributed by atoms with Crippen LogP contribution in [0.2, 0.25) is 0 Å². The Morgan fingerprint density at radius 2 is 2.13 bits per heavy atom. The van der Waals surface area contributed by atoms with Crippen LogP contribution in [-0.2, 0) is 13.5 Å². The van der Waals surface area contributed by atoms with Crippen molar-refractivity contribution in [3.63, 3.8) is 0 Å². The van der Waals surface area contributed by atoms with E-state index in [0.29, 0.717) is 6.42 Å². The normalized spacial score (nSPS) is 10.5. The molecular weight excluding hydrogens is 188 g/mol. The molecule has 0 amide bonds. The zero-order chi connectivity index (χ0) is 10.8. The molecule has 2 heterocycles. The van der Waals surface area contributed by atoms with Crippen LogP contribution in [0, 0.1) is 6.92 Å². The molecule has 2 rings (SSSR count). The summed E-state index contributed by atoms with van der Waals surface area (Å²) in [5.74, 6) is 0.972. The van der Waals surface area contributed by atoms with Crippen molar-refractivity contribution in [1.29, 1.82) is 0 Å². The van der Waals surface area contributed by atoms with E-state index in [4.69, 9.17) is 5.73 Å². The Labute approximate surface area is 88.8 Å². The van der Waals surface area contributed by atoms with Crippen LogP contribution < -0.4 is 5.73 Å². The van der Waals surface area contributed by atoms with Gasteiger partial charge in [-0.05, 0) is 18.6 Å². The predicted octanol–water partition coefficient (Wildman–Crippen LogP) is 1.30. The second kappa shape index (κ2) is 3.73. The lowest BCUT2D eigenvalue weighted by Crippen LogP contribution is -2.04. The van der Waals surface area contributed by atoms with E-state index in [2.05, 4.69) is 9.97 Å². The molecule has 0 unspecified atom stereocenters. The number of nitrogens with zero attached hydrogens (tertiary/aromatic N) is 3. The molecule has 0 aliphatic rings. The number of aryl methyl sites for hydroxylation is 2. The van der Waals surface area contributed by atoms with Crippen LogP contribution in [0.25, 0.3) is 0 Å². The topological polar surface area (TPSA) is 56.7 Å². The Morgan fingerprint density at radius 3 is 2.80 bits per heavy atom. The van der Waals surface area contributed by atoms with Gasteiger partial charge in [-0.15, -0.1) is 0 Å². The van der Waals surface area contributed by atoms with E-state index >= 15 is 0 Å². The SMILES string of the molecule is Cc1ccnc(Cc2nccn2C)c1N. The minimum Gasteiger partial charge on any atom is -0.397 e. The van der Waals surface area contributed by atoms with Crippen molar-refractivity contribution < 1.29 is 0 Å².